The number of imidazole rings is 1. The second-order valence-corrected chi connectivity index (χ2v) is 4.85. The van der Waals surface area contributed by atoms with Crippen LogP contribution in [-0.4, -0.2) is 20.6 Å². The molecule has 3 rings (SSSR count). The Morgan fingerprint density at radius 3 is 2.90 bits per heavy atom. The van der Waals surface area contributed by atoms with Crippen molar-refractivity contribution in [1.29, 1.82) is 0 Å². The molecule has 0 fully saturated rings. The minimum Gasteiger partial charge on any atom is -0.476 e. The lowest BCUT2D eigenvalue weighted by Crippen LogP contribution is -2.24. The molecule has 0 bridgehead atoms. The molecule has 5 nitrogen and oxygen atoms in total. The van der Waals surface area contributed by atoms with E-state index in [2.05, 4.69) is 4.98 Å². The normalized spacial score (nSPS) is 17.8. The van der Waals surface area contributed by atoms with Gasteiger partial charge < -0.3 is 15.4 Å². The second-order valence-electron chi connectivity index (χ2n) is 4.85. The first kappa shape index (κ1) is 12.8. The van der Waals surface area contributed by atoms with Gasteiger partial charge in [-0.2, -0.15) is 0 Å². The molecule has 1 atom stereocenters. The van der Waals surface area contributed by atoms with Crippen LogP contribution < -0.4 is 5.73 Å². The molecule has 0 amide bonds. The zero-order valence-corrected chi connectivity index (χ0v) is 10.7. The number of nitrogens with two attached hydrogens (primary N) is 1. The number of fused-ring (bicyclic) bond motifs is 1. The largest absolute Gasteiger partial charge is 0.476 e. The Labute approximate surface area is 114 Å². The van der Waals surface area contributed by atoms with Crippen molar-refractivity contribution >= 4 is 5.97 Å². The summed E-state index contributed by atoms with van der Waals surface area (Å²) in [7, 11) is 0. The first-order chi connectivity index (χ1) is 9.59. The van der Waals surface area contributed by atoms with Crippen LogP contribution in [0.25, 0.3) is 11.4 Å². The second kappa shape index (κ2) is 4.72. The van der Waals surface area contributed by atoms with Gasteiger partial charge in [0, 0.05) is 12.6 Å². The molecule has 1 aliphatic rings. The number of carboxylic acid groups (broad SMARTS) is 1. The molecule has 0 aliphatic carbocycles. The molecule has 0 radical (unpaired) electrons. The molecule has 2 aromatic rings. The molecule has 1 aliphatic heterocycles. The fourth-order valence-electron chi connectivity index (χ4n) is 2.68. The van der Waals surface area contributed by atoms with E-state index in [0.717, 1.165) is 6.42 Å². The van der Waals surface area contributed by atoms with Crippen LogP contribution in [0.3, 0.4) is 0 Å². The van der Waals surface area contributed by atoms with Crippen molar-refractivity contribution < 1.29 is 14.3 Å². The van der Waals surface area contributed by atoms with E-state index in [1.54, 1.807) is 22.8 Å². The van der Waals surface area contributed by atoms with Crippen LogP contribution in [0.4, 0.5) is 4.39 Å². The minimum atomic E-state index is -1.13. The average molecular weight is 275 g/mol. The Bertz CT molecular complexity index is 681. The SMILES string of the molecule is NC1CCCn2c(-c3ccccc3F)nc(C(=O)O)c21. The van der Waals surface area contributed by atoms with Gasteiger partial charge in [0.2, 0.25) is 0 Å². The van der Waals surface area contributed by atoms with Gasteiger partial charge >= 0.3 is 5.97 Å². The molecule has 6 heteroatoms. The summed E-state index contributed by atoms with van der Waals surface area (Å²) in [6, 6.07) is 5.84. The van der Waals surface area contributed by atoms with Crippen LogP contribution in [0, 0.1) is 5.82 Å². The molecule has 2 heterocycles. The van der Waals surface area contributed by atoms with E-state index in [-0.39, 0.29) is 11.7 Å². The first-order valence-electron chi connectivity index (χ1n) is 6.43. The topological polar surface area (TPSA) is 81.1 Å². The fourth-order valence-corrected chi connectivity index (χ4v) is 2.68. The van der Waals surface area contributed by atoms with Crippen molar-refractivity contribution in [3.8, 4) is 11.4 Å². The summed E-state index contributed by atoms with van der Waals surface area (Å²) in [5.74, 6) is -1.21. The molecule has 104 valence electrons. The Hall–Kier alpha value is -2.21. The highest BCUT2D eigenvalue weighted by Crippen LogP contribution is 2.32. The van der Waals surface area contributed by atoms with E-state index in [0.29, 0.717) is 30.0 Å². The summed E-state index contributed by atoms with van der Waals surface area (Å²) in [5, 5.41) is 9.26. The van der Waals surface area contributed by atoms with Crippen LogP contribution in [0.1, 0.15) is 35.1 Å². The zero-order valence-electron chi connectivity index (χ0n) is 10.7. The predicted octanol–water partition coefficient (Wildman–Crippen LogP) is 2.18. The smallest absolute Gasteiger partial charge is 0.356 e. The number of nitrogens with zero attached hydrogens (tertiary/aromatic N) is 2. The summed E-state index contributed by atoms with van der Waals surface area (Å²) < 4.78 is 15.7. The van der Waals surface area contributed by atoms with E-state index < -0.39 is 11.8 Å². The van der Waals surface area contributed by atoms with Gasteiger partial charge in [-0.05, 0) is 25.0 Å². The first-order valence-corrected chi connectivity index (χ1v) is 6.43. The zero-order chi connectivity index (χ0) is 14.3. The van der Waals surface area contributed by atoms with Gasteiger partial charge in [-0.3, -0.25) is 0 Å². The lowest BCUT2D eigenvalue weighted by Gasteiger charge is -2.22. The maximum Gasteiger partial charge on any atom is 0.356 e. The van der Waals surface area contributed by atoms with Gasteiger partial charge in [0.1, 0.15) is 11.6 Å². The number of carbonyl (C=O) groups is 1. The lowest BCUT2D eigenvalue weighted by atomic mass is 10.0. The van der Waals surface area contributed by atoms with Crippen LogP contribution in [0.15, 0.2) is 24.3 Å². The number of hydrogen-bond donors (Lipinski definition) is 2. The number of hydrogen-bond acceptors (Lipinski definition) is 3. The molecule has 1 unspecified atom stereocenters. The summed E-state index contributed by atoms with van der Waals surface area (Å²) in [6.07, 6.45) is 1.54. The highest BCUT2D eigenvalue weighted by molar-refractivity contribution is 5.88. The molecule has 0 saturated heterocycles. The Balaban J connectivity index is 2.25. The van der Waals surface area contributed by atoms with E-state index in [1.807, 2.05) is 0 Å². The van der Waals surface area contributed by atoms with Crippen LogP contribution in [0.5, 0.6) is 0 Å². The molecule has 0 spiro atoms. The van der Waals surface area contributed by atoms with E-state index in [1.165, 1.54) is 6.07 Å². The number of halogens is 1. The highest BCUT2D eigenvalue weighted by Gasteiger charge is 2.29. The Morgan fingerprint density at radius 2 is 2.20 bits per heavy atom. The van der Waals surface area contributed by atoms with Gasteiger partial charge in [0.05, 0.1) is 11.3 Å². The third-order valence-corrected chi connectivity index (χ3v) is 3.57. The maximum absolute atomic E-state index is 13.9. The van der Waals surface area contributed by atoms with Gasteiger partial charge in [-0.25, -0.2) is 14.2 Å². The van der Waals surface area contributed by atoms with Gasteiger partial charge in [-0.1, -0.05) is 12.1 Å². The Kier molecular flexibility index (Phi) is 3.02. The quantitative estimate of drug-likeness (QED) is 0.880. The Morgan fingerprint density at radius 1 is 1.45 bits per heavy atom. The molecular formula is C14H14FN3O2. The molecule has 20 heavy (non-hydrogen) atoms. The fraction of sp³-hybridized carbons (Fsp3) is 0.286. The molecule has 3 N–H and O–H groups in total. The molecule has 1 aromatic heterocycles. The maximum atomic E-state index is 13.9. The van der Waals surface area contributed by atoms with Crippen LogP contribution in [-0.2, 0) is 6.54 Å². The average Bonchev–Trinajstić information content (AvgIpc) is 2.80. The van der Waals surface area contributed by atoms with Crippen molar-refractivity contribution in [3.05, 3.63) is 41.5 Å². The summed E-state index contributed by atoms with van der Waals surface area (Å²) in [5.41, 5.74) is 6.71. The van der Waals surface area contributed by atoms with Crippen molar-refractivity contribution in [2.45, 2.75) is 25.4 Å². The van der Waals surface area contributed by atoms with Crippen molar-refractivity contribution in [2.75, 3.05) is 0 Å². The third-order valence-electron chi connectivity index (χ3n) is 3.57. The van der Waals surface area contributed by atoms with Crippen molar-refractivity contribution in [2.24, 2.45) is 5.73 Å². The highest BCUT2D eigenvalue weighted by atomic mass is 19.1. The van der Waals surface area contributed by atoms with Crippen molar-refractivity contribution in [3.63, 3.8) is 0 Å². The summed E-state index contributed by atoms with van der Waals surface area (Å²) in [4.78, 5) is 15.4. The molecule has 1 aromatic carbocycles. The number of benzene rings is 1. The van der Waals surface area contributed by atoms with E-state index in [9.17, 15) is 14.3 Å². The lowest BCUT2D eigenvalue weighted by molar-refractivity contribution is 0.0688. The van der Waals surface area contributed by atoms with E-state index >= 15 is 0 Å². The number of aromatic nitrogens is 2. The molecular weight excluding hydrogens is 261 g/mol. The van der Waals surface area contributed by atoms with Gasteiger partial charge in [0.15, 0.2) is 5.69 Å². The number of carboxylic acids is 1. The third kappa shape index (κ3) is 1.89. The number of aromatic carboxylic acids is 1. The summed E-state index contributed by atoms with van der Waals surface area (Å²) in [6.45, 7) is 0.604. The summed E-state index contributed by atoms with van der Waals surface area (Å²) >= 11 is 0. The molecule has 0 saturated carbocycles. The van der Waals surface area contributed by atoms with E-state index in [4.69, 9.17) is 5.73 Å². The standard InChI is InChI=1S/C14H14FN3O2/c15-9-5-2-1-4-8(9)13-17-11(14(19)20)12-10(16)6-3-7-18(12)13/h1-2,4-5,10H,3,6-7,16H2,(H,19,20). The van der Waals surface area contributed by atoms with Gasteiger partial charge in [0.25, 0.3) is 0 Å². The van der Waals surface area contributed by atoms with Crippen LogP contribution in [0.2, 0.25) is 0 Å². The monoisotopic (exact) mass is 275 g/mol. The van der Waals surface area contributed by atoms with Gasteiger partial charge in [-0.15, -0.1) is 0 Å². The van der Waals surface area contributed by atoms with Crippen molar-refractivity contribution in [1.82, 2.24) is 9.55 Å². The van der Waals surface area contributed by atoms with Crippen LogP contribution >= 0.6 is 0 Å². The minimum absolute atomic E-state index is 0.0737. The number of rotatable bonds is 2. The predicted molar refractivity (Wildman–Crippen MR) is 70.7 cm³/mol.